The Labute approximate surface area is 107 Å². The van der Waals surface area contributed by atoms with Crippen LogP contribution < -0.4 is 0 Å². The van der Waals surface area contributed by atoms with Gasteiger partial charge in [0.1, 0.15) is 5.82 Å². The largest absolute Gasteiger partial charge is 0.222 e. The molecule has 0 spiro atoms. The molecule has 3 rings (SSSR count). The molecule has 2 aliphatic rings. The molecule has 2 aliphatic heterocycles. The van der Waals surface area contributed by atoms with Gasteiger partial charge < -0.3 is 0 Å². The van der Waals surface area contributed by atoms with Crippen molar-refractivity contribution < 1.29 is 4.39 Å². The SMILES string of the molecule is Fc1ccc(SB2C3CCCC2CCC3)cc1. The van der Waals surface area contributed by atoms with Crippen molar-refractivity contribution in [2.24, 2.45) is 0 Å². The Morgan fingerprint density at radius 3 is 2.00 bits per heavy atom. The Hall–Kier alpha value is -0.435. The van der Waals surface area contributed by atoms with Crippen LogP contribution in [0.3, 0.4) is 0 Å². The van der Waals surface area contributed by atoms with Gasteiger partial charge in [0.15, 0.2) is 0 Å². The van der Waals surface area contributed by atoms with E-state index in [2.05, 4.69) is 0 Å². The monoisotopic (exact) mass is 248 g/mol. The Morgan fingerprint density at radius 1 is 0.941 bits per heavy atom. The van der Waals surface area contributed by atoms with E-state index in [0.29, 0.717) is 0 Å². The molecule has 0 N–H and O–H groups in total. The van der Waals surface area contributed by atoms with Crippen LogP contribution in [0.4, 0.5) is 4.39 Å². The maximum absolute atomic E-state index is 12.9. The minimum absolute atomic E-state index is 0.127. The van der Waals surface area contributed by atoms with Crippen LogP contribution in [0.25, 0.3) is 0 Å². The summed E-state index contributed by atoms with van der Waals surface area (Å²) in [4.78, 5) is 1.25. The standard InChI is InChI=1S/C14H18BFS/c16-13-7-9-14(10-8-13)17-15-11-3-1-4-12(15)6-2-5-11/h7-12H,1-6H2. The quantitative estimate of drug-likeness (QED) is 0.662. The highest BCUT2D eigenvalue weighted by Gasteiger charge is 2.39. The molecular weight excluding hydrogens is 230 g/mol. The normalized spacial score (nSPS) is 28.2. The van der Waals surface area contributed by atoms with E-state index in [1.165, 1.54) is 43.4 Å². The Kier molecular flexibility index (Phi) is 3.46. The highest BCUT2D eigenvalue weighted by molar-refractivity contribution is 8.25. The van der Waals surface area contributed by atoms with E-state index in [9.17, 15) is 4.39 Å². The highest BCUT2D eigenvalue weighted by atomic mass is 32.2. The van der Waals surface area contributed by atoms with Gasteiger partial charge in [0.2, 0.25) is 5.99 Å². The third-order valence-corrected chi connectivity index (χ3v) is 5.90. The first-order valence-electron chi connectivity index (χ1n) is 6.75. The Bertz CT molecular complexity index is 356. The second-order valence-corrected chi connectivity index (χ2v) is 6.67. The number of hydrogen-bond acceptors (Lipinski definition) is 1. The van der Waals surface area contributed by atoms with Crippen LogP contribution in [0, 0.1) is 5.82 Å². The van der Waals surface area contributed by atoms with Crippen LogP contribution in [-0.2, 0) is 0 Å². The van der Waals surface area contributed by atoms with E-state index in [1.54, 1.807) is 12.1 Å². The van der Waals surface area contributed by atoms with Crippen LogP contribution in [0.2, 0.25) is 11.6 Å². The summed E-state index contributed by atoms with van der Waals surface area (Å²) in [5.41, 5.74) is 0. The first-order chi connectivity index (χ1) is 8.33. The molecule has 0 atom stereocenters. The van der Waals surface area contributed by atoms with E-state index < -0.39 is 0 Å². The number of benzene rings is 1. The first kappa shape index (κ1) is 11.6. The summed E-state index contributed by atoms with van der Waals surface area (Å²) in [5.74, 6) is 2.50. The van der Waals surface area contributed by atoms with Crippen molar-refractivity contribution >= 4 is 17.6 Å². The number of halogens is 1. The Balaban J connectivity index is 1.73. The van der Waals surface area contributed by atoms with Crippen molar-refractivity contribution in [1.82, 2.24) is 0 Å². The lowest BCUT2D eigenvalue weighted by molar-refractivity contribution is 0.451. The summed E-state index contributed by atoms with van der Waals surface area (Å²) in [5, 5.41) is 0. The lowest BCUT2D eigenvalue weighted by atomic mass is 9.42. The van der Waals surface area contributed by atoms with Gasteiger partial charge in [-0.25, -0.2) is 4.39 Å². The van der Waals surface area contributed by atoms with Crippen molar-refractivity contribution in [3.8, 4) is 0 Å². The number of fused-ring (bicyclic) bond motifs is 2. The fourth-order valence-corrected chi connectivity index (χ4v) is 5.01. The van der Waals surface area contributed by atoms with Crippen molar-refractivity contribution in [1.29, 1.82) is 0 Å². The minimum atomic E-state index is -0.127. The molecule has 0 aromatic heterocycles. The predicted octanol–water partition coefficient (Wildman–Crippen LogP) is 5.02. The van der Waals surface area contributed by atoms with E-state index in [-0.39, 0.29) is 5.82 Å². The average molecular weight is 248 g/mol. The topological polar surface area (TPSA) is 0 Å². The molecule has 2 saturated heterocycles. The molecule has 0 radical (unpaired) electrons. The number of hydrogen-bond donors (Lipinski definition) is 0. The van der Waals surface area contributed by atoms with Crippen molar-refractivity contribution in [2.45, 2.75) is 55.1 Å². The molecule has 0 amide bonds. The second-order valence-electron chi connectivity index (χ2n) is 5.42. The zero-order chi connectivity index (χ0) is 11.7. The van der Waals surface area contributed by atoms with Gasteiger partial charge in [-0.3, -0.25) is 0 Å². The minimum Gasteiger partial charge on any atom is -0.207 e. The molecule has 1 aromatic rings. The lowest BCUT2D eigenvalue weighted by Gasteiger charge is -2.39. The summed E-state index contributed by atoms with van der Waals surface area (Å²) < 4.78 is 12.9. The van der Waals surface area contributed by atoms with Crippen molar-refractivity contribution in [2.75, 3.05) is 0 Å². The van der Waals surface area contributed by atoms with Gasteiger partial charge >= 0.3 is 0 Å². The van der Waals surface area contributed by atoms with Crippen LogP contribution >= 0.6 is 11.6 Å². The second kappa shape index (κ2) is 5.05. The van der Waals surface area contributed by atoms with E-state index in [1.807, 2.05) is 23.7 Å². The Morgan fingerprint density at radius 2 is 1.47 bits per heavy atom. The molecule has 0 nitrogen and oxygen atoms in total. The van der Waals surface area contributed by atoms with Gasteiger partial charge in [0, 0.05) is 0 Å². The average Bonchev–Trinajstić information content (AvgIpc) is 2.32. The van der Waals surface area contributed by atoms with Gasteiger partial charge in [0.05, 0.1) is 0 Å². The molecule has 2 heterocycles. The fraction of sp³-hybridized carbons (Fsp3) is 0.571. The summed E-state index contributed by atoms with van der Waals surface area (Å²) in [6.07, 6.45) is 8.50. The van der Waals surface area contributed by atoms with Crippen LogP contribution in [-0.4, -0.2) is 5.99 Å². The molecule has 2 fully saturated rings. The van der Waals surface area contributed by atoms with Crippen LogP contribution in [0.15, 0.2) is 29.2 Å². The van der Waals surface area contributed by atoms with Crippen LogP contribution in [0.5, 0.6) is 0 Å². The molecule has 17 heavy (non-hydrogen) atoms. The van der Waals surface area contributed by atoms with Gasteiger partial charge in [-0.05, 0) is 29.2 Å². The summed E-state index contributed by atoms with van der Waals surface area (Å²) >= 11 is 2.00. The predicted molar refractivity (Wildman–Crippen MR) is 73.2 cm³/mol. The lowest BCUT2D eigenvalue weighted by Crippen LogP contribution is -2.31. The maximum Gasteiger partial charge on any atom is 0.222 e. The number of rotatable bonds is 2. The molecular formula is C14H18BFS. The zero-order valence-electron chi connectivity index (χ0n) is 10.1. The van der Waals surface area contributed by atoms with Gasteiger partial charge in [0.25, 0.3) is 0 Å². The zero-order valence-corrected chi connectivity index (χ0v) is 10.9. The fourth-order valence-electron chi connectivity index (χ4n) is 3.48. The van der Waals surface area contributed by atoms with E-state index >= 15 is 0 Å². The maximum atomic E-state index is 12.9. The smallest absolute Gasteiger partial charge is 0.207 e. The summed E-state index contributed by atoms with van der Waals surface area (Å²) in [6, 6.07) is 7.04. The molecule has 3 heteroatoms. The van der Waals surface area contributed by atoms with E-state index in [4.69, 9.17) is 0 Å². The van der Waals surface area contributed by atoms with Gasteiger partial charge in [-0.2, -0.15) is 11.6 Å². The molecule has 1 aromatic carbocycles. The summed E-state index contributed by atoms with van der Waals surface area (Å²) in [7, 11) is 0. The third-order valence-electron chi connectivity index (χ3n) is 4.31. The molecule has 0 saturated carbocycles. The third kappa shape index (κ3) is 2.54. The molecule has 0 aliphatic carbocycles. The van der Waals surface area contributed by atoms with Crippen LogP contribution in [0.1, 0.15) is 38.5 Å². The van der Waals surface area contributed by atoms with Gasteiger partial charge in [-0.1, -0.05) is 50.2 Å². The van der Waals surface area contributed by atoms with Gasteiger partial charge in [-0.15, -0.1) is 0 Å². The summed E-state index contributed by atoms with van der Waals surface area (Å²) in [6.45, 7) is 0. The van der Waals surface area contributed by atoms with Crippen molar-refractivity contribution in [3.63, 3.8) is 0 Å². The molecule has 90 valence electrons. The van der Waals surface area contributed by atoms with Crippen molar-refractivity contribution in [3.05, 3.63) is 30.1 Å². The molecule has 2 bridgehead atoms. The highest BCUT2D eigenvalue weighted by Crippen LogP contribution is 2.51. The van der Waals surface area contributed by atoms with E-state index in [0.717, 1.165) is 17.6 Å². The first-order valence-corrected chi connectivity index (χ1v) is 7.63. The molecule has 0 unspecified atom stereocenters.